The Morgan fingerprint density at radius 1 is 1.21 bits per heavy atom. The van der Waals surface area contributed by atoms with Crippen LogP contribution in [0.15, 0.2) is 18.2 Å². The largest absolute Gasteiger partial charge is 1.00 e. The number of rotatable bonds is 3. The first-order valence-electron chi connectivity index (χ1n) is 3.63. The van der Waals surface area contributed by atoms with E-state index in [-0.39, 0.29) is 25.9 Å². The van der Waals surface area contributed by atoms with E-state index in [4.69, 9.17) is 14.6 Å². The van der Waals surface area contributed by atoms with E-state index in [1.807, 2.05) is 0 Å². The molecule has 0 aromatic heterocycles. The molecule has 0 radical (unpaired) electrons. The molecule has 0 aliphatic rings. The van der Waals surface area contributed by atoms with Crippen LogP contribution in [0.1, 0.15) is 11.8 Å². The van der Waals surface area contributed by atoms with E-state index in [9.17, 15) is 4.79 Å². The molecule has 0 fully saturated rings. The number of ether oxygens (including phenoxy) is 2. The van der Waals surface area contributed by atoms with Crippen LogP contribution < -0.4 is 28.3 Å². The van der Waals surface area contributed by atoms with E-state index in [0.717, 1.165) is 0 Å². The topological polar surface area (TPSA) is 55.8 Å². The van der Waals surface area contributed by atoms with Gasteiger partial charge in [-0.1, -0.05) is 0 Å². The average molecular weight is 190 g/mol. The Morgan fingerprint density at radius 2 is 1.64 bits per heavy atom. The summed E-state index contributed by atoms with van der Waals surface area (Å²) >= 11 is 0. The molecule has 0 aliphatic heterocycles. The number of methoxy groups -OCH3 is 2. The zero-order valence-corrected chi connectivity index (χ0v) is 8.40. The summed E-state index contributed by atoms with van der Waals surface area (Å²) in [6, 6.07) is 4.49. The zero-order chi connectivity index (χ0) is 9.84. The number of aromatic carboxylic acids is 1. The van der Waals surface area contributed by atoms with Crippen molar-refractivity contribution in [1.29, 1.82) is 0 Å². The van der Waals surface area contributed by atoms with Crippen molar-refractivity contribution in [2.75, 3.05) is 14.2 Å². The fraction of sp³-hybridized carbons (Fsp3) is 0.222. The molecule has 1 rings (SSSR count). The van der Waals surface area contributed by atoms with Gasteiger partial charge in [-0.2, -0.15) is 0 Å². The van der Waals surface area contributed by atoms with Crippen LogP contribution in [0.2, 0.25) is 0 Å². The summed E-state index contributed by atoms with van der Waals surface area (Å²) in [5, 5.41) is 8.71. The van der Waals surface area contributed by atoms with E-state index in [2.05, 4.69) is 0 Å². The molecule has 1 aromatic carbocycles. The van der Waals surface area contributed by atoms with Crippen molar-refractivity contribution in [3.05, 3.63) is 23.8 Å². The minimum Gasteiger partial charge on any atom is -1.00 e. The van der Waals surface area contributed by atoms with Crippen molar-refractivity contribution in [2.45, 2.75) is 0 Å². The average Bonchev–Trinajstić information content (AvgIpc) is 2.16. The Kier molecular flexibility index (Phi) is 5.14. The van der Waals surface area contributed by atoms with Crippen LogP contribution in [-0.4, -0.2) is 25.3 Å². The van der Waals surface area contributed by atoms with E-state index >= 15 is 0 Å². The maximum absolute atomic E-state index is 10.6. The van der Waals surface area contributed by atoms with Crippen molar-refractivity contribution in [3.63, 3.8) is 0 Å². The number of carboxylic acids is 1. The van der Waals surface area contributed by atoms with Gasteiger partial charge in [0.05, 0.1) is 19.8 Å². The summed E-state index contributed by atoms with van der Waals surface area (Å²) in [5.74, 6) is -0.0642. The van der Waals surface area contributed by atoms with Gasteiger partial charge < -0.3 is 16.0 Å². The summed E-state index contributed by atoms with van der Waals surface area (Å²) in [5.41, 5.74) is 0.149. The third-order valence-corrected chi connectivity index (χ3v) is 1.60. The maximum atomic E-state index is 10.6. The smallest absolute Gasteiger partial charge is 1.00 e. The normalized spacial score (nSPS) is 8.71. The first-order valence-corrected chi connectivity index (χ1v) is 3.63. The quantitative estimate of drug-likeness (QED) is 0.590. The van der Waals surface area contributed by atoms with Crippen molar-refractivity contribution in [3.8, 4) is 11.5 Å². The molecule has 0 unspecified atom stereocenters. The van der Waals surface area contributed by atoms with E-state index in [1.54, 1.807) is 6.07 Å². The van der Waals surface area contributed by atoms with Crippen LogP contribution in [-0.2, 0) is 0 Å². The Balaban J connectivity index is 0. The van der Waals surface area contributed by atoms with Crippen molar-refractivity contribution < 1.29 is 39.7 Å². The molecule has 0 aliphatic carbocycles. The minimum absolute atomic E-state index is 0. The summed E-state index contributed by atoms with van der Waals surface area (Å²) < 4.78 is 9.81. The maximum Gasteiger partial charge on any atom is 1.00 e. The fourth-order valence-corrected chi connectivity index (χ4v) is 0.931. The van der Waals surface area contributed by atoms with Crippen LogP contribution in [0, 0.1) is 0 Å². The fourth-order valence-electron chi connectivity index (χ4n) is 0.931. The predicted octanol–water partition coefficient (Wildman–Crippen LogP) is -1.48. The zero-order valence-electron chi connectivity index (χ0n) is 9.40. The third-order valence-electron chi connectivity index (χ3n) is 1.60. The van der Waals surface area contributed by atoms with Crippen LogP contribution >= 0.6 is 0 Å². The van der Waals surface area contributed by atoms with Crippen LogP contribution in [0.4, 0.5) is 0 Å². The van der Waals surface area contributed by atoms with Gasteiger partial charge in [-0.05, 0) is 12.1 Å². The first kappa shape index (κ1) is 12.9. The molecule has 0 spiro atoms. The number of carboxylic acid groups (broad SMARTS) is 1. The molecule has 0 saturated heterocycles. The molecule has 0 bridgehead atoms. The summed E-state index contributed by atoms with van der Waals surface area (Å²) in [4.78, 5) is 10.6. The SMILES string of the molecule is COc1cc(OC)cc(C(=O)O)c1.[H-].[Li+]. The van der Waals surface area contributed by atoms with Crippen LogP contribution in [0.5, 0.6) is 11.5 Å². The number of carbonyl (C=O) groups is 1. The second kappa shape index (κ2) is 5.58. The van der Waals surface area contributed by atoms with Crippen molar-refractivity contribution in [1.82, 2.24) is 0 Å². The molecule has 1 N–H and O–H groups in total. The minimum atomic E-state index is -1.00. The van der Waals surface area contributed by atoms with E-state index in [1.165, 1.54) is 26.4 Å². The Morgan fingerprint density at radius 3 is 1.93 bits per heavy atom. The van der Waals surface area contributed by atoms with Gasteiger partial charge in [-0.3, -0.25) is 0 Å². The van der Waals surface area contributed by atoms with Gasteiger partial charge in [0, 0.05) is 6.07 Å². The van der Waals surface area contributed by atoms with Gasteiger partial charge in [0.2, 0.25) is 0 Å². The number of hydrogen-bond acceptors (Lipinski definition) is 3. The number of hydrogen-bond donors (Lipinski definition) is 1. The van der Waals surface area contributed by atoms with Crippen molar-refractivity contribution in [2.24, 2.45) is 0 Å². The molecule has 72 valence electrons. The van der Waals surface area contributed by atoms with Gasteiger partial charge >= 0.3 is 24.8 Å². The van der Waals surface area contributed by atoms with Crippen LogP contribution in [0.25, 0.3) is 0 Å². The Labute approximate surface area is 95.5 Å². The molecule has 14 heavy (non-hydrogen) atoms. The molecule has 0 amide bonds. The van der Waals surface area contributed by atoms with E-state index < -0.39 is 5.97 Å². The van der Waals surface area contributed by atoms with Crippen molar-refractivity contribution >= 4 is 5.97 Å². The monoisotopic (exact) mass is 190 g/mol. The summed E-state index contributed by atoms with van der Waals surface area (Å²) in [7, 11) is 2.95. The molecule has 4 nitrogen and oxygen atoms in total. The van der Waals surface area contributed by atoms with E-state index in [0.29, 0.717) is 11.5 Å². The van der Waals surface area contributed by atoms with Gasteiger partial charge in [0.1, 0.15) is 11.5 Å². The first-order chi connectivity index (χ1) is 6.17. The molecule has 1 aromatic rings. The molecule has 5 heteroatoms. The predicted molar refractivity (Wildman–Crippen MR) is 47.6 cm³/mol. The Hall–Kier alpha value is -1.11. The third kappa shape index (κ3) is 2.98. The molecular weight excluding hydrogens is 179 g/mol. The molecule has 0 atom stereocenters. The number of benzene rings is 1. The van der Waals surface area contributed by atoms with Gasteiger partial charge in [0.25, 0.3) is 0 Å². The second-order valence-electron chi connectivity index (χ2n) is 2.41. The summed E-state index contributed by atoms with van der Waals surface area (Å²) in [6.45, 7) is 0. The molecule has 0 heterocycles. The van der Waals surface area contributed by atoms with Gasteiger partial charge in [-0.15, -0.1) is 0 Å². The molecule has 0 saturated carbocycles. The van der Waals surface area contributed by atoms with Crippen LogP contribution in [0.3, 0.4) is 0 Å². The molecular formula is C9H11LiO4. The van der Waals surface area contributed by atoms with Gasteiger partial charge in [0.15, 0.2) is 0 Å². The Bertz CT molecular complexity index is 308. The van der Waals surface area contributed by atoms with Gasteiger partial charge in [-0.25, -0.2) is 4.79 Å². The second-order valence-corrected chi connectivity index (χ2v) is 2.41. The standard InChI is InChI=1S/C9H10O4.Li.H/c1-12-7-3-6(9(10)11)4-8(5-7)13-2;;/h3-5H,1-2H3,(H,10,11);;/q;+1;-1. The summed E-state index contributed by atoms with van der Waals surface area (Å²) in [6.07, 6.45) is 0.